The van der Waals surface area contributed by atoms with Crippen LogP contribution in [0.1, 0.15) is 24.0 Å². The van der Waals surface area contributed by atoms with E-state index in [9.17, 15) is 0 Å². The Hall–Kier alpha value is -1.19. The first-order valence-corrected chi connectivity index (χ1v) is 7.90. The SMILES string of the molecule is C=CC(CCC(=C)NC)N(C)SCc1ccc(C)cc1. The Morgan fingerprint density at radius 1 is 1.40 bits per heavy atom. The lowest BCUT2D eigenvalue weighted by molar-refractivity contribution is 0.447. The van der Waals surface area contributed by atoms with Crippen LogP contribution in [0, 0.1) is 6.92 Å². The molecule has 0 saturated carbocycles. The fraction of sp³-hybridized carbons (Fsp3) is 0.412. The van der Waals surface area contributed by atoms with E-state index in [1.165, 1.54) is 11.1 Å². The second-order valence-electron chi connectivity index (χ2n) is 5.00. The molecule has 1 aromatic carbocycles. The highest BCUT2D eigenvalue weighted by molar-refractivity contribution is 7.96. The van der Waals surface area contributed by atoms with Gasteiger partial charge < -0.3 is 5.32 Å². The molecule has 0 spiro atoms. The van der Waals surface area contributed by atoms with Gasteiger partial charge in [-0.3, -0.25) is 0 Å². The molecular formula is C17H26N2S. The molecule has 0 saturated heterocycles. The summed E-state index contributed by atoms with van der Waals surface area (Å²) in [6.07, 6.45) is 4.04. The third-order valence-electron chi connectivity index (χ3n) is 3.39. The van der Waals surface area contributed by atoms with E-state index in [-0.39, 0.29) is 0 Å². The zero-order valence-electron chi connectivity index (χ0n) is 12.9. The van der Waals surface area contributed by atoms with Crippen LogP contribution >= 0.6 is 11.9 Å². The van der Waals surface area contributed by atoms with Gasteiger partial charge in [0.15, 0.2) is 0 Å². The maximum Gasteiger partial charge on any atom is 0.0380 e. The maximum absolute atomic E-state index is 3.97. The lowest BCUT2D eigenvalue weighted by Crippen LogP contribution is -2.24. The average Bonchev–Trinajstić information content (AvgIpc) is 2.47. The Morgan fingerprint density at radius 2 is 2.05 bits per heavy atom. The van der Waals surface area contributed by atoms with Crippen molar-refractivity contribution in [2.75, 3.05) is 14.1 Å². The predicted molar refractivity (Wildman–Crippen MR) is 91.7 cm³/mol. The molecule has 0 fully saturated rings. The molecule has 2 nitrogen and oxygen atoms in total. The van der Waals surface area contributed by atoms with E-state index in [0.717, 1.165) is 24.3 Å². The Balaban J connectivity index is 2.42. The van der Waals surface area contributed by atoms with E-state index < -0.39 is 0 Å². The molecule has 110 valence electrons. The Kier molecular flexibility index (Phi) is 7.48. The molecule has 1 N–H and O–H groups in total. The smallest absolute Gasteiger partial charge is 0.0380 e. The topological polar surface area (TPSA) is 15.3 Å². The fourth-order valence-corrected chi connectivity index (χ4v) is 2.78. The molecular weight excluding hydrogens is 264 g/mol. The zero-order chi connectivity index (χ0) is 15.0. The lowest BCUT2D eigenvalue weighted by Gasteiger charge is -2.24. The molecule has 20 heavy (non-hydrogen) atoms. The van der Waals surface area contributed by atoms with Crippen LogP contribution in [0.3, 0.4) is 0 Å². The lowest BCUT2D eigenvalue weighted by atomic mass is 10.1. The largest absolute Gasteiger partial charge is 0.392 e. The van der Waals surface area contributed by atoms with Crippen molar-refractivity contribution < 1.29 is 0 Å². The van der Waals surface area contributed by atoms with E-state index in [0.29, 0.717) is 6.04 Å². The van der Waals surface area contributed by atoms with Gasteiger partial charge in [0.25, 0.3) is 0 Å². The summed E-state index contributed by atoms with van der Waals surface area (Å²) in [4.78, 5) is 0. The number of hydrogen-bond acceptors (Lipinski definition) is 3. The molecule has 1 rings (SSSR count). The maximum atomic E-state index is 3.97. The van der Waals surface area contributed by atoms with Crippen molar-refractivity contribution in [3.8, 4) is 0 Å². The van der Waals surface area contributed by atoms with Crippen molar-refractivity contribution in [2.24, 2.45) is 0 Å². The minimum atomic E-state index is 0.371. The van der Waals surface area contributed by atoms with Crippen LogP contribution in [-0.4, -0.2) is 24.4 Å². The van der Waals surface area contributed by atoms with Gasteiger partial charge in [-0.15, -0.1) is 6.58 Å². The molecule has 1 aromatic rings. The quantitative estimate of drug-likeness (QED) is 0.543. The highest BCUT2D eigenvalue weighted by atomic mass is 32.2. The normalized spacial score (nSPS) is 12.2. The second kappa shape index (κ2) is 8.88. The van der Waals surface area contributed by atoms with Crippen molar-refractivity contribution in [1.29, 1.82) is 0 Å². The van der Waals surface area contributed by atoms with Gasteiger partial charge in [0.1, 0.15) is 0 Å². The van der Waals surface area contributed by atoms with Crippen molar-refractivity contribution in [1.82, 2.24) is 9.62 Å². The number of hydrogen-bond donors (Lipinski definition) is 1. The average molecular weight is 290 g/mol. The molecule has 0 aromatic heterocycles. The van der Waals surface area contributed by atoms with Crippen LogP contribution in [0.2, 0.25) is 0 Å². The number of allylic oxidation sites excluding steroid dienone is 1. The first-order valence-electron chi connectivity index (χ1n) is 6.96. The fourth-order valence-electron chi connectivity index (χ4n) is 1.85. The Labute approximate surface area is 128 Å². The predicted octanol–water partition coefficient (Wildman–Crippen LogP) is 4.14. The summed E-state index contributed by atoms with van der Waals surface area (Å²) in [7, 11) is 4.05. The van der Waals surface area contributed by atoms with Crippen LogP contribution < -0.4 is 5.32 Å². The number of nitrogens with zero attached hydrogens (tertiary/aromatic N) is 1. The van der Waals surface area contributed by atoms with Crippen molar-refractivity contribution in [3.05, 3.63) is 60.3 Å². The van der Waals surface area contributed by atoms with Gasteiger partial charge in [0, 0.05) is 24.5 Å². The molecule has 0 bridgehead atoms. The Bertz CT molecular complexity index is 425. The minimum Gasteiger partial charge on any atom is -0.392 e. The summed E-state index contributed by atoms with van der Waals surface area (Å²) in [6, 6.07) is 9.09. The van der Waals surface area contributed by atoms with Gasteiger partial charge >= 0.3 is 0 Å². The van der Waals surface area contributed by atoms with Gasteiger partial charge in [-0.05, 0) is 32.4 Å². The molecule has 1 unspecified atom stereocenters. The third-order valence-corrected chi connectivity index (χ3v) is 4.53. The number of aryl methyl sites for hydroxylation is 1. The highest BCUT2D eigenvalue weighted by Gasteiger charge is 2.12. The van der Waals surface area contributed by atoms with E-state index in [1.807, 2.05) is 25.1 Å². The van der Waals surface area contributed by atoms with Crippen molar-refractivity contribution in [2.45, 2.75) is 31.6 Å². The second-order valence-corrected chi connectivity index (χ2v) is 6.12. The van der Waals surface area contributed by atoms with Gasteiger partial charge in [0.2, 0.25) is 0 Å². The summed E-state index contributed by atoms with van der Waals surface area (Å²) in [5.74, 6) is 0.994. The number of rotatable bonds is 9. The van der Waals surface area contributed by atoms with E-state index in [2.05, 4.69) is 61.0 Å². The summed E-state index contributed by atoms with van der Waals surface area (Å²) in [5, 5.41) is 3.09. The first-order chi connectivity index (χ1) is 9.56. The van der Waals surface area contributed by atoms with Gasteiger partial charge in [0.05, 0.1) is 0 Å². The van der Waals surface area contributed by atoms with Gasteiger partial charge in [-0.25, -0.2) is 4.31 Å². The van der Waals surface area contributed by atoms with Crippen LogP contribution in [0.4, 0.5) is 0 Å². The Morgan fingerprint density at radius 3 is 2.60 bits per heavy atom. The summed E-state index contributed by atoms with van der Waals surface area (Å²) < 4.78 is 2.29. The standard InChI is InChI=1S/C17H26N2S/c1-6-17(12-9-15(3)18-4)19(5)20-13-16-10-7-14(2)8-11-16/h6-8,10-11,17-18H,1,3,9,12-13H2,2,4-5H3. The molecule has 0 amide bonds. The monoisotopic (exact) mass is 290 g/mol. The van der Waals surface area contributed by atoms with E-state index in [1.54, 1.807) is 0 Å². The molecule has 3 heteroatoms. The molecule has 0 aliphatic rings. The van der Waals surface area contributed by atoms with Crippen LogP contribution in [-0.2, 0) is 5.75 Å². The molecule has 0 radical (unpaired) electrons. The summed E-state index contributed by atoms with van der Waals surface area (Å²) >= 11 is 1.84. The van der Waals surface area contributed by atoms with E-state index >= 15 is 0 Å². The third kappa shape index (κ3) is 5.85. The van der Waals surface area contributed by atoms with Gasteiger partial charge in [-0.1, -0.05) is 54.4 Å². The van der Waals surface area contributed by atoms with Crippen molar-refractivity contribution in [3.63, 3.8) is 0 Å². The summed E-state index contributed by atoms with van der Waals surface area (Å²) in [5.41, 5.74) is 3.74. The molecule has 0 heterocycles. The van der Waals surface area contributed by atoms with Crippen LogP contribution in [0.25, 0.3) is 0 Å². The molecule has 1 atom stereocenters. The highest BCUT2D eigenvalue weighted by Crippen LogP contribution is 2.21. The molecule has 0 aliphatic heterocycles. The van der Waals surface area contributed by atoms with Crippen molar-refractivity contribution >= 4 is 11.9 Å². The minimum absolute atomic E-state index is 0.371. The number of benzene rings is 1. The van der Waals surface area contributed by atoms with Crippen LogP contribution in [0.5, 0.6) is 0 Å². The zero-order valence-corrected chi connectivity index (χ0v) is 13.7. The number of likely N-dealkylation sites (N-methyl/N-ethyl adjacent to an activating group) is 1. The van der Waals surface area contributed by atoms with Crippen LogP contribution in [0.15, 0.2) is 49.2 Å². The summed E-state index contributed by atoms with van der Waals surface area (Å²) in [6.45, 7) is 10.0. The molecule has 0 aliphatic carbocycles. The van der Waals surface area contributed by atoms with Gasteiger partial charge in [-0.2, -0.15) is 0 Å². The number of nitrogens with one attached hydrogen (secondary N) is 1. The first kappa shape index (κ1) is 16.9. The van der Waals surface area contributed by atoms with E-state index in [4.69, 9.17) is 0 Å².